The molecule has 3 aromatic rings. The van der Waals surface area contributed by atoms with Crippen molar-refractivity contribution in [3.63, 3.8) is 0 Å². The monoisotopic (exact) mass is 409 g/mol. The molecule has 1 saturated heterocycles. The molecule has 1 aromatic carbocycles. The summed E-state index contributed by atoms with van der Waals surface area (Å²) in [6.45, 7) is 1.64. The average Bonchev–Trinajstić information content (AvgIpc) is 3.12. The largest absolute Gasteiger partial charge is 0.323 e. The van der Waals surface area contributed by atoms with E-state index >= 15 is 0 Å². The summed E-state index contributed by atoms with van der Waals surface area (Å²) in [5, 5.41) is 6.84. The first-order valence-corrected chi connectivity index (χ1v) is 9.55. The van der Waals surface area contributed by atoms with Gasteiger partial charge in [0.2, 0.25) is 5.91 Å². The Morgan fingerprint density at radius 1 is 1.23 bits per heavy atom. The van der Waals surface area contributed by atoms with Crippen molar-refractivity contribution in [1.29, 1.82) is 0 Å². The van der Waals surface area contributed by atoms with E-state index in [9.17, 15) is 13.6 Å². The van der Waals surface area contributed by atoms with Crippen molar-refractivity contribution < 1.29 is 13.6 Å². The Morgan fingerprint density at radius 3 is 2.67 bits per heavy atom. The van der Waals surface area contributed by atoms with Crippen LogP contribution in [-0.4, -0.2) is 44.8 Å². The number of pyridine rings is 1. The van der Waals surface area contributed by atoms with Crippen LogP contribution in [0.25, 0.3) is 17.2 Å². The highest BCUT2D eigenvalue weighted by Crippen LogP contribution is 2.26. The first kappa shape index (κ1) is 19.9. The molecule has 1 N–H and O–H groups in total. The number of benzene rings is 1. The zero-order valence-corrected chi connectivity index (χ0v) is 16.4. The number of nitrogens with zero attached hydrogens (tertiary/aromatic N) is 4. The molecule has 154 valence electrons. The number of nitrogens with one attached hydrogen (secondary N) is 1. The van der Waals surface area contributed by atoms with Crippen LogP contribution in [0.1, 0.15) is 11.1 Å². The summed E-state index contributed by atoms with van der Waals surface area (Å²) in [5.41, 5.74) is 3.13. The summed E-state index contributed by atoms with van der Waals surface area (Å²) < 4.78 is 28.8. The second kappa shape index (κ2) is 8.54. The third-order valence-electron chi connectivity index (χ3n) is 4.88. The van der Waals surface area contributed by atoms with Crippen LogP contribution in [0.2, 0.25) is 0 Å². The summed E-state index contributed by atoms with van der Waals surface area (Å²) >= 11 is 0. The van der Waals surface area contributed by atoms with Crippen LogP contribution in [0.3, 0.4) is 0 Å². The molecule has 0 bridgehead atoms. The Labute approximate surface area is 172 Å². The van der Waals surface area contributed by atoms with Gasteiger partial charge in [0.1, 0.15) is 12.0 Å². The number of rotatable bonds is 6. The SMILES string of the molecule is Cn1cc(-c2c(F)cncc2/C=C/C(=O)Nc2ccc(CN3CC(F)C3)cc2)cn1. The third kappa shape index (κ3) is 4.60. The van der Waals surface area contributed by atoms with Crippen LogP contribution in [-0.2, 0) is 18.4 Å². The maximum Gasteiger partial charge on any atom is 0.248 e. The maximum atomic E-state index is 14.3. The van der Waals surface area contributed by atoms with Crippen LogP contribution >= 0.6 is 0 Å². The topological polar surface area (TPSA) is 63.1 Å². The number of aromatic nitrogens is 3. The van der Waals surface area contributed by atoms with Crippen LogP contribution in [0.15, 0.2) is 55.1 Å². The molecule has 30 heavy (non-hydrogen) atoms. The molecule has 0 aliphatic carbocycles. The molecule has 1 aliphatic heterocycles. The normalized spacial score (nSPS) is 14.8. The Balaban J connectivity index is 1.41. The lowest BCUT2D eigenvalue weighted by Gasteiger charge is -2.34. The van der Waals surface area contributed by atoms with Crippen molar-refractivity contribution in [3.8, 4) is 11.1 Å². The highest BCUT2D eigenvalue weighted by atomic mass is 19.1. The molecule has 2 aromatic heterocycles. The fourth-order valence-corrected chi connectivity index (χ4v) is 3.37. The standard InChI is InChI=1S/C22H21F2N5O/c1-28-12-17(9-26-28)22-16(8-25-10-20(22)24)4-7-21(30)27-19-5-2-15(3-6-19)11-29-13-18(23)14-29/h2-10,12,18H,11,13-14H2,1H3,(H,27,30)/b7-4+. The number of aryl methyl sites for hydroxylation is 1. The van der Waals surface area contributed by atoms with E-state index in [0.29, 0.717) is 42.0 Å². The van der Waals surface area contributed by atoms with Crippen LogP contribution in [0.4, 0.5) is 14.5 Å². The van der Waals surface area contributed by atoms with Gasteiger partial charge < -0.3 is 5.32 Å². The summed E-state index contributed by atoms with van der Waals surface area (Å²) in [4.78, 5) is 18.2. The van der Waals surface area contributed by atoms with E-state index in [0.717, 1.165) is 11.8 Å². The summed E-state index contributed by atoms with van der Waals surface area (Å²) in [6, 6.07) is 7.42. The minimum Gasteiger partial charge on any atom is -0.323 e. The highest BCUT2D eigenvalue weighted by Gasteiger charge is 2.25. The predicted octanol–water partition coefficient (Wildman–Crippen LogP) is 3.43. The van der Waals surface area contributed by atoms with Gasteiger partial charge in [-0.15, -0.1) is 0 Å². The number of halogens is 2. The third-order valence-corrected chi connectivity index (χ3v) is 4.88. The zero-order valence-electron chi connectivity index (χ0n) is 16.4. The number of alkyl halides is 1. The van der Waals surface area contributed by atoms with Gasteiger partial charge in [0.05, 0.1) is 12.4 Å². The van der Waals surface area contributed by atoms with Crippen molar-refractivity contribution in [3.05, 3.63) is 72.1 Å². The van der Waals surface area contributed by atoms with Gasteiger partial charge in [-0.05, 0) is 23.8 Å². The number of hydrogen-bond acceptors (Lipinski definition) is 4. The van der Waals surface area contributed by atoms with E-state index in [1.807, 2.05) is 17.0 Å². The van der Waals surface area contributed by atoms with E-state index in [1.54, 1.807) is 36.3 Å². The van der Waals surface area contributed by atoms with Crippen LogP contribution in [0, 0.1) is 5.82 Å². The lowest BCUT2D eigenvalue weighted by atomic mass is 10.0. The second-order valence-electron chi connectivity index (χ2n) is 7.30. The fourth-order valence-electron chi connectivity index (χ4n) is 3.37. The first-order chi connectivity index (χ1) is 14.5. The molecule has 0 atom stereocenters. The van der Waals surface area contributed by atoms with Gasteiger partial charge in [-0.2, -0.15) is 5.10 Å². The number of carbonyl (C=O) groups is 1. The maximum absolute atomic E-state index is 14.3. The van der Waals surface area contributed by atoms with Crippen LogP contribution < -0.4 is 5.32 Å². The molecule has 3 heterocycles. The number of amides is 1. The van der Waals surface area contributed by atoms with Gasteiger partial charge in [0.25, 0.3) is 0 Å². The van der Waals surface area contributed by atoms with E-state index in [1.165, 1.54) is 18.3 Å². The number of likely N-dealkylation sites (tertiary alicyclic amines) is 1. The quantitative estimate of drug-likeness (QED) is 0.634. The zero-order chi connectivity index (χ0) is 21.1. The van der Waals surface area contributed by atoms with Crippen molar-refractivity contribution in [2.75, 3.05) is 18.4 Å². The smallest absolute Gasteiger partial charge is 0.248 e. The minimum absolute atomic E-state index is 0.341. The molecule has 1 amide bonds. The Morgan fingerprint density at radius 2 is 2.00 bits per heavy atom. The number of anilines is 1. The molecular weight excluding hydrogens is 388 g/mol. The molecule has 1 fully saturated rings. The van der Waals surface area contributed by atoms with Gasteiger partial charge in [0, 0.05) is 67.5 Å². The van der Waals surface area contributed by atoms with E-state index in [4.69, 9.17) is 0 Å². The molecule has 1 aliphatic rings. The molecule has 0 radical (unpaired) electrons. The van der Waals surface area contributed by atoms with Crippen LogP contribution in [0.5, 0.6) is 0 Å². The Kier molecular flexibility index (Phi) is 5.67. The number of hydrogen-bond donors (Lipinski definition) is 1. The molecule has 4 rings (SSSR count). The molecule has 8 heteroatoms. The molecule has 0 unspecified atom stereocenters. The summed E-state index contributed by atoms with van der Waals surface area (Å²) in [5.74, 6) is -0.824. The van der Waals surface area contributed by atoms with E-state index < -0.39 is 12.0 Å². The van der Waals surface area contributed by atoms with Crippen molar-refractivity contribution >= 4 is 17.7 Å². The lowest BCUT2D eigenvalue weighted by molar-refractivity contribution is -0.111. The van der Waals surface area contributed by atoms with Gasteiger partial charge in [-0.3, -0.25) is 19.4 Å². The van der Waals surface area contributed by atoms with Gasteiger partial charge in [-0.25, -0.2) is 8.78 Å². The molecule has 0 spiro atoms. The fraction of sp³-hybridized carbons (Fsp3) is 0.227. The van der Waals surface area contributed by atoms with Crippen molar-refractivity contribution in [2.45, 2.75) is 12.7 Å². The van der Waals surface area contributed by atoms with E-state index in [2.05, 4.69) is 15.4 Å². The van der Waals surface area contributed by atoms with Gasteiger partial charge in [-0.1, -0.05) is 12.1 Å². The summed E-state index contributed by atoms with van der Waals surface area (Å²) in [7, 11) is 1.75. The Hall–Kier alpha value is -3.39. The van der Waals surface area contributed by atoms with Gasteiger partial charge in [0.15, 0.2) is 0 Å². The molecule has 0 saturated carbocycles. The van der Waals surface area contributed by atoms with E-state index in [-0.39, 0.29) is 5.91 Å². The van der Waals surface area contributed by atoms with Crippen molar-refractivity contribution in [2.24, 2.45) is 7.05 Å². The van der Waals surface area contributed by atoms with Gasteiger partial charge >= 0.3 is 0 Å². The first-order valence-electron chi connectivity index (χ1n) is 9.55. The summed E-state index contributed by atoms with van der Waals surface area (Å²) in [6.07, 6.45) is 8.04. The minimum atomic E-state index is -0.720. The second-order valence-corrected chi connectivity index (χ2v) is 7.30. The average molecular weight is 409 g/mol. The Bertz CT molecular complexity index is 1070. The molecule has 6 nitrogen and oxygen atoms in total. The molecular formula is C22H21F2N5O. The predicted molar refractivity (Wildman–Crippen MR) is 111 cm³/mol. The van der Waals surface area contributed by atoms with Crippen molar-refractivity contribution in [1.82, 2.24) is 19.7 Å². The lowest BCUT2D eigenvalue weighted by Crippen LogP contribution is -2.47. The highest BCUT2D eigenvalue weighted by molar-refractivity contribution is 6.02. The number of carbonyl (C=O) groups excluding carboxylic acids is 1.